The van der Waals surface area contributed by atoms with Crippen LogP contribution in [0.2, 0.25) is 0 Å². The monoisotopic (exact) mass is 314 g/mol. The van der Waals surface area contributed by atoms with Crippen molar-refractivity contribution < 1.29 is 14.0 Å². The van der Waals surface area contributed by atoms with E-state index in [1.807, 2.05) is 32.9 Å². The van der Waals surface area contributed by atoms with Gasteiger partial charge in [0.15, 0.2) is 5.76 Å². The minimum Gasteiger partial charge on any atom is -0.459 e. The first-order valence-electron chi connectivity index (χ1n) is 7.71. The average molecular weight is 314 g/mol. The Bertz CT molecular complexity index is 657. The SMILES string of the molecule is CCN(C(=O)CCNC(=O)c1ccco1)c1cc(C)cc(C)c1. The second-order valence-corrected chi connectivity index (χ2v) is 5.47. The molecule has 0 saturated heterocycles. The summed E-state index contributed by atoms with van der Waals surface area (Å²) in [5.41, 5.74) is 3.14. The van der Waals surface area contributed by atoms with Gasteiger partial charge in [-0.2, -0.15) is 0 Å². The first-order chi connectivity index (χ1) is 11.0. The van der Waals surface area contributed by atoms with Crippen molar-refractivity contribution in [2.24, 2.45) is 0 Å². The number of aryl methyl sites for hydroxylation is 2. The number of amides is 2. The number of benzene rings is 1. The van der Waals surface area contributed by atoms with E-state index in [9.17, 15) is 9.59 Å². The number of anilines is 1. The van der Waals surface area contributed by atoms with Gasteiger partial charge in [0.2, 0.25) is 5.91 Å². The zero-order valence-electron chi connectivity index (χ0n) is 13.8. The summed E-state index contributed by atoms with van der Waals surface area (Å²) in [6, 6.07) is 9.31. The van der Waals surface area contributed by atoms with E-state index in [2.05, 4.69) is 11.4 Å². The number of carbonyl (C=O) groups excluding carboxylic acids is 2. The summed E-state index contributed by atoms with van der Waals surface area (Å²) in [6.07, 6.45) is 1.69. The van der Waals surface area contributed by atoms with E-state index in [1.165, 1.54) is 6.26 Å². The van der Waals surface area contributed by atoms with E-state index in [0.717, 1.165) is 16.8 Å². The minimum atomic E-state index is -0.308. The van der Waals surface area contributed by atoms with Crippen LogP contribution in [0.1, 0.15) is 35.0 Å². The lowest BCUT2D eigenvalue weighted by atomic mass is 10.1. The third-order valence-electron chi connectivity index (χ3n) is 3.50. The van der Waals surface area contributed by atoms with Crippen molar-refractivity contribution in [2.75, 3.05) is 18.0 Å². The first-order valence-corrected chi connectivity index (χ1v) is 7.71. The van der Waals surface area contributed by atoms with E-state index in [-0.39, 0.29) is 30.5 Å². The standard InChI is InChI=1S/C18H22N2O3/c1-4-20(15-11-13(2)10-14(3)12-15)17(21)7-8-19-18(22)16-6-5-9-23-16/h5-6,9-12H,4,7-8H2,1-3H3,(H,19,22). The van der Waals surface area contributed by atoms with Gasteiger partial charge in [0.1, 0.15) is 0 Å². The highest BCUT2D eigenvalue weighted by Crippen LogP contribution is 2.19. The van der Waals surface area contributed by atoms with Crippen LogP contribution in [0.15, 0.2) is 41.0 Å². The van der Waals surface area contributed by atoms with Gasteiger partial charge in [-0.05, 0) is 56.2 Å². The average Bonchev–Trinajstić information content (AvgIpc) is 3.01. The Labute approximate surface area is 136 Å². The van der Waals surface area contributed by atoms with E-state index in [0.29, 0.717) is 6.54 Å². The normalized spacial score (nSPS) is 10.4. The van der Waals surface area contributed by atoms with E-state index in [4.69, 9.17) is 4.42 Å². The van der Waals surface area contributed by atoms with Crippen molar-refractivity contribution in [3.05, 3.63) is 53.5 Å². The Kier molecular flexibility index (Phi) is 5.57. The van der Waals surface area contributed by atoms with Gasteiger partial charge in [0.25, 0.3) is 5.91 Å². The van der Waals surface area contributed by atoms with Crippen LogP contribution in [0.5, 0.6) is 0 Å². The molecule has 5 heteroatoms. The molecule has 2 aromatic rings. The molecule has 0 aliphatic carbocycles. The summed E-state index contributed by atoms with van der Waals surface area (Å²) in [6.45, 7) is 6.83. The molecule has 1 N–H and O–H groups in total. The van der Waals surface area contributed by atoms with E-state index >= 15 is 0 Å². The van der Waals surface area contributed by atoms with Gasteiger partial charge in [-0.25, -0.2) is 0 Å². The fourth-order valence-electron chi connectivity index (χ4n) is 2.52. The highest BCUT2D eigenvalue weighted by Gasteiger charge is 2.15. The fourth-order valence-corrected chi connectivity index (χ4v) is 2.52. The molecular weight excluding hydrogens is 292 g/mol. The molecule has 1 aromatic heterocycles. The van der Waals surface area contributed by atoms with Crippen molar-refractivity contribution in [3.63, 3.8) is 0 Å². The summed E-state index contributed by atoms with van der Waals surface area (Å²) in [4.78, 5) is 25.9. The smallest absolute Gasteiger partial charge is 0.286 e. The van der Waals surface area contributed by atoms with Gasteiger partial charge in [-0.3, -0.25) is 9.59 Å². The summed E-state index contributed by atoms with van der Waals surface area (Å²) in [7, 11) is 0. The summed E-state index contributed by atoms with van der Waals surface area (Å²) < 4.78 is 5.01. The lowest BCUT2D eigenvalue weighted by Crippen LogP contribution is -2.34. The maximum Gasteiger partial charge on any atom is 0.286 e. The molecule has 122 valence electrons. The second-order valence-electron chi connectivity index (χ2n) is 5.47. The van der Waals surface area contributed by atoms with Crippen LogP contribution in [0.3, 0.4) is 0 Å². The zero-order valence-corrected chi connectivity index (χ0v) is 13.8. The minimum absolute atomic E-state index is 0.0164. The molecule has 2 rings (SSSR count). The van der Waals surface area contributed by atoms with Crippen molar-refractivity contribution in [2.45, 2.75) is 27.2 Å². The van der Waals surface area contributed by atoms with E-state index < -0.39 is 0 Å². The molecular formula is C18H22N2O3. The molecule has 23 heavy (non-hydrogen) atoms. The Morgan fingerprint density at radius 1 is 1.17 bits per heavy atom. The predicted molar refractivity (Wildman–Crippen MR) is 89.6 cm³/mol. The number of rotatable bonds is 6. The summed E-state index contributed by atoms with van der Waals surface area (Å²) in [5.74, 6) is -0.0754. The van der Waals surface area contributed by atoms with Crippen LogP contribution >= 0.6 is 0 Å². The number of carbonyl (C=O) groups is 2. The number of hydrogen-bond donors (Lipinski definition) is 1. The molecule has 0 aliphatic rings. The first kappa shape index (κ1) is 16.8. The Balaban J connectivity index is 1.93. The third-order valence-corrected chi connectivity index (χ3v) is 3.50. The molecule has 0 spiro atoms. The Morgan fingerprint density at radius 2 is 1.87 bits per heavy atom. The maximum absolute atomic E-state index is 12.4. The molecule has 5 nitrogen and oxygen atoms in total. The van der Waals surface area contributed by atoms with Crippen molar-refractivity contribution >= 4 is 17.5 Å². The van der Waals surface area contributed by atoms with Crippen LogP contribution in [-0.4, -0.2) is 24.9 Å². The molecule has 0 fully saturated rings. The predicted octanol–water partition coefficient (Wildman–Crippen LogP) is 3.07. The van der Waals surface area contributed by atoms with Gasteiger partial charge in [0.05, 0.1) is 6.26 Å². The molecule has 0 radical (unpaired) electrons. The van der Waals surface area contributed by atoms with Crippen molar-refractivity contribution in [1.29, 1.82) is 0 Å². The topological polar surface area (TPSA) is 62.6 Å². The Morgan fingerprint density at radius 3 is 2.43 bits per heavy atom. The molecule has 0 unspecified atom stereocenters. The number of nitrogens with one attached hydrogen (secondary N) is 1. The van der Waals surface area contributed by atoms with E-state index in [1.54, 1.807) is 17.0 Å². The van der Waals surface area contributed by atoms with Gasteiger partial charge in [0, 0.05) is 25.2 Å². The van der Waals surface area contributed by atoms with Crippen LogP contribution < -0.4 is 10.2 Å². The quantitative estimate of drug-likeness (QED) is 0.891. The molecule has 0 atom stereocenters. The van der Waals surface area contributed by atoms with Crippen molar-refractivity contribution in [3.8, 4) is 0 Å². The highest BCUT2D eigenvalue weighted by molar-refractivity contribution is 5.95. The lowest BCUT2D eigenvalue weighted by molar-refractivity contribution is -0.118. The van der Waals surface area contributed by atoms with Crippen LogP contribution in [-0.2, 0) is 4.79 Å². The number of nitrogens with zero attached hydrogens (tertiary/aromatic N) is 1. The van der Waals surface area contributed by atoms with Crippen molar-refractivity contribution in [1.82, 2.24) is 5.32 Å². The Hall–Kier alpha value is -2.56. The van der Waals surface area contributed by atoms with Gasteiger partial charge >= 0.3 is 0 Å². The fraction of sp³-hybridized carbons (Fsp3) is 0.333. The summed E-state index contributed by atoms with van der Waals surface area (Å²) >= 11 is 0. The summed E-state index contributed by atoms with van der Waals surface area (Å²) in [5, 5.41) is 2.69. The molecule has 2 amide bonds. The van der Waals surface area contributed by atoms with Gasteiger partial charge < -0.3 is 14.6 Å². The molecule has 1 aromatic carbocycles. The molecule has 0 saturated carbocycles. The molecule has 0 bridgehead atoms. The molecule has 0 aliphatic heterocycles. The van der Waals surface area contributed by atoms with Gasteiger partial charge in [-0.15, -0.1) is 0 Å². The van der Waals surface area contributed by atoms with Crippen LogP contribution in [0.4, 0.5) is 5.69 Å². The third kappa shape index (κ3) is 4.45. The largest absolute Gasteiger partial charge is 0.459 e. The maximum atomic E-state index is 12.4. The highest BCUT2D eigenvalue weighted by atomic mass is 16.3. The lowest BCUT2D eigenvalue weighted by Gasteiger charge is -2.22. The number of hydrogen-bond acceptors (Lipinski definition) is 3. The molecule has 1 heterocycles. The van der Waals surface area contributed by atoms with Crippen LogP contribution in [0, 0.1) is 13.8 Å². The zero-order chi connectivity index (χ0) is 16.8. The number of furan rings is 1. The second kappa shape index (κ2) is 7.63. The van der Waals surface area contributed by atoms with Gasteiger partial charge in [-0.1, -0.05) is 6.07 Å². The van der Waals surface area contributed by atoms with Crippen LogP contribution in [0.25, 0.3) is 0 Å².